The highest BCUT2D eigenvalue weighted by atomic mass is 32.2. The fourth-order valence-electron chi connectivity index (χ4n) is 5.15. The van der Waals surface area contributed by atoms with Gasteiger partial charge >= 0.3 is 0 Å². The molecule has 3 aromatic rings. The van der Waals surface area contributed by atoms with Gasteiger partial charge in [-0.25, -0.2) is 18.1 Å². The van der Waals surface area contributed by atoms with Gasteiger partial charge in [0.1, 0.15) is 0 Å². The molecule has 0 bridgehead atoms. The Bertz CT molecular complexity index is 1390. The molecule has 1 aliphatic heterocycles. The first-order valence-corrected chi connectivity index (χ1v) is 14.6. The molecule has 2 aromatic heterocycles. The molecule has 0 saturated carbocycles. The zero-order valence-electron chi connectivity index (χ0n) is 22.9. The molecule has 0 atom stereocenters. The summed E-state index contributed by atoms with van der Waals surface area (Å²) in [4.78, 5) is 17.9. The van der Waals surface area contributed by atoms with Gasteiger partial charge in [0.15, 0.2) is 5.65 Å². The molecule has 1 aliphatic rings. The number of anilines is 1. The number of aryl methyl sites for hydroxylation is 3. The molecular formula is C28H39N5O3S. The Labute approximate surface area is 220 Å². The zero-order chi connectivity index (χ0) is 27.0. The molecule has 37 heavy (non-hydrogen) atoms. The molecule has 0 spiro atoms. The van der Waals surface area contributed by atoms with Gasteiger partial charge in [0.25, 0.3) is 0 Å². The van der Waals surface area contributed by atoms with Crippen LogP contribution in [0.4, 0.5) is 5.69 Å². The maximum atomic E-state index is 13.0. The van der Waals surface area contributed by atoms with E-state index in [4.69, 9.17) is 10.1 Å². The first kappa shape index (κ1) is 27.3. The van der Waals surface area contributed by atoms with E-state index >= 15 is 0 Å². The van der Waals surface area contributed by atoms with Crippen molar-refractivity contribution < 1.29 is 13.2 Å². The van der Waals surface area contributed by atoms with E-state index in [-0.39, 0.29) is 16.3 Å². The average Bonchev–Trinajstić information content (AvgIpc) is 2.99. The molecule has 1 saturated heterocycles. The third kappa shape index (κ3) is 5.72. The summed E-state index contributed by atoms with van der Waals surface area (Å²) in [5.74, 6) is -0.121. The molecule has 0 aliphatic carbocycles. The molecule has 4 rings (SSSR count). The number of pyridine rings is 1. The predicted octanol–water partition coefficient (Wildman–Crippen LogP) is 5.25. The lowest BCUT2D eigenvalue weighted by atomic mass is 9.99. The van der Waals surface area contributed by atoms with Gasteiger partial charge in [0, 0.05) is 36.3 Å². The maximum Gasteiger partial charge on any atom is 0.243 e. The number of fused-ring (bicyclic) bond motifs is 1. The summed E-state index contributed by atoms with van der Waals surface area (Å²) in [7, 11) is -3.51. The number of amides is 1. The van der Waals surface area contributed by atoms with E-state index in [9.17, 15) is 13.2 Å². The summed E-state index contributed by atoms with van der Waals surface area (Å²) in [5, 5.41) is 8.70. The van der Waals surface area contributed by atoms with Crippen LogP contribution >= 0.6 is 0 Å². The fraction of sp³-hybridized carbons (Fsp3) is 0.536. The topological polar surface area (TPSA) is 97.2 Å². The number of aromatic nitrogens is 3. The minimum absolute atomic E-state index is 0.121. The minimum atomic E-state index is -3.51. The summed E-state index contributed by atoms with van der Waals surface area (Å²) in [6.07, 6.45) is 4.80. The minimum Gasteiger partial charge on any atom is -0.326 e. The van der Waals surface area contributed by atoms with E-state index in [1.165, 1.54) is 0 Å². The monoisotopic (exact) mass is 525 g/mol. The number of nitrogens with zero attached hydrogens (tertiary/aromatic N) is 4. The molecule has 1 N–H and O–H groups in total. The molecule has 0 unspecified atom stereocenters. The van der Waals surface area contributed by atoms with Gasteiger partial charge in [-0.2, -0.15) is 9.40 Å². The number of carbonyl (C=O) groups excluding carboxylic acids is 1. The van der Waals surface area contributed by atoms with Crippen LogP contribution < -0.4 is 5.32 Å². The standard InChI is InChI=1S/C28H39N5O3S/c1-19-24(20(2)29-27-26(19)21(3)31-33(27)28(4,5)6)15-16-25(34)30-22-11-13-23(14-12-22)37(35,36)32-17-9-7-8-10-18-32/h11-14H,7-10,15-18H2,1-6H3,(H,30,34). The van der Waals surface area contributed by atoms with Crippen LogP contribution in [-0.4, -0.2) is 46.5 Å². The first-order chi connectivity index (χ1) is 17.4. The summed E-state index contributed by atoms with van der Waals surface area (Å²) in [6.45, 7) is 13.5. The largest absolute Gasteiger partial charge is 0.326 e. The molecule has 200 valence electrons. The van der Waals surface area contributed by atoms with Crippen molar-refractivity contribution >= 4 is 32.7 Å². The summed E-state index contributed by atoms with van der Waals surface area (Å²) >= 11 is 0. The van der Waals surface area contributed by atoms with Crippen LogP contribution in [0.15, 0.2) is 29.2 Å². The number of benzene rings is 1. The maximum absolute atomic E-state index is 13.0. The Hall–Kier alpha value is -2.78. The number of sulfonamides is 1. The van der Waals surface area contributed by atoms with Crippen molar-refractivity contribution in [3.05, 3.63) is 46.8 Å². The Morgan fingerprint density at radius 1 is 0.973 bits per heavy atom. The highest BCUT2D eigenvalue weighted by molar-refractivity contribution is 7.89. The van der Waals surface area contributed by atoms with E-state index < -0.39 is 10.0 Å². The summed E-state index contributed by atoms with van der Waals surface area (Å²) in [5.41, 5.74) is 5.32. The molecule has 9 heteroatoms. The molecule has 1 fully saturated rings. The van der Waals surface area contributed by atoms with E-state index in [0.717, 1.165) is 59.2 Å². The number of carbonyl (C=O) groups is 1. The number of hydrogen-bond donors (Lipinski definition) is 1. The van der Waals surface area contributed by atoms with Crippen LogP contribution in [0.25, 0.3) is 11.0 Å². The third-order valence-corrected chi connectivity index (χ3v) is 9.07. The van der Waals surface area contributed by atoms with Crippen molar-refractivity contribution in [3.63, 3.8) is 0 Å². The SMILES string of the molecule is Cc1nc2c(c(C)nn2C(C)(C)C)c(C)c1CCC(=O)Nc1ccc(S(=O)(=O)N2CCCCCC2)cc1. The first-order valence-electron chi connectivity index (χ1n) is 13.2. The molecular weight excluding hydrogens is 486 g/mol. The Balaban J connectivity index is 1.44. The second-order valence-corrected chi connectivity index (χ2v) is 13.0. The van der Waals surface area contributed by atoms with Crippen molar-refractivity contribution in [2.45, 2.75) is 90.5 Å². The summed E-state index contributed by atoms with van der Waals surface area (Å²) < 4.78 is 29.6. The average molecular weight is 526 g/mol. The molecule has 8 nitrogen and oxygen atoms in total. The van der Waals surface area contributed by atoms with Crippen molar-refractivity contribution in [2.24, 2.45) is 0 Å². The van der Waals surface area contributed by atoms with Crippen molar-refractivity contribution in [2.75, 3.05) is 18.4 Å². The van der Waals surface area contributed by atoms with Crippen LogP contribution in [0.5, 0.6) is 0 Å². The number of rotatable bonds is 6. The second kappa shape index (κ2) is 10.5. The van der Waals surface area contributed by atoms with Gasteiger partial charge in [-0.15, -0.1) is 0 Å². The number of nitrogens with one attached hydrogen (secondary N) is 1. The zero-order valence-corrected chi connectivity index (χ0v) is 23.7. The second-order valence-electron chi connectivity index (χ2n) is 11.1. The van der Waals surface area contributed by atoms with Gasteiger partial charge in [-0.3, -0.25) is 4.79 Å². The summed E-state index contributed by atoms with van der Waals surface area (Å²) in [6, 6.07) is 6.49. The lowest BCUT2D eigenvalue weighted by molar-refractivity contribution is -0.116. The van der Waals surface area contributed by atoms with E-state index in [1.807, 2.05) is 18.5 Å². The third-order valence-electron chi connectivity index (χ3n) is 7.15. The van der Waals surface area contributed by atoms with E-state index in [0.29, 0.717) is 31.6 Å². The number of hydrogen-bond acceptors (Lipinski definition) is 5. The van der Waals surface area contributed by atoms with Crippen LogP contribution in [0.3, 0.4) is 0 Å². The van der Waals surface area contributed by atoms with Gasteiger partial charge in [-0.05, 0) is 96.2 Å². The molecule has 1 aromatic carbocycles. The van der Waals surface area contributed by atoms with Crippen LogP contribution in [0.2, 0.25) is 0 Å². The van der Waals surface area contributed by atoms with Crippen LogP contribution in [-0.2, 0) is 26.8 Å². The van der Waals surface area contributed by atoms with Crippen molar-refractivity contribution in [1.29, 1.82) is 0 Å². The van der Waals surface area contributed by atoms with Gasteiger partial charge in [0.2, 0.25) is 15.9 Å². The fourth-order valence-corrected chi connectivity index (χ4v) is 6.66. The van der Waals surface area contributed by atoms with Gasteiger partial charge in [-0.1, -0.05) is 12.8 Å². The highest BCUT2D eigenvalue weighted by Gasteiger charge is 2.25. The van der Waals surface area contributed by atoms with Crippen LogP contribution in [0.1, 0.15) is 75.4 Å². The lowest BCUT2D eigenvalue weighted by Gasteiger charge is -2.20. The molecule has 1 amide bonds. The molecule has 3 heterocycles. The predicted molar refractivity (Wildman–Crippen MR) is 147 cm³/mol. The highest BCUT2D eigenvalue weighted by Crippen LogP contribution is 2.30. The van der Waals surface area contributed by atoms with E-state index in [2.05, 4.69) is 33.0 Å². The molecule has 0 radical (unpaired) electrons. The van der Waals surface area contributed by atoms with Crippen molar-refractivity contribution in [1.82, 2.24) is 19.1 Å². The van der Waals surface area contributed by atoms with E-state index in [1.54, 1.807) is 28.6 Å². The Morgan fingerprint density at radius 3 is 2.19 bits per heavy atom. The van der Waals surface area contributed by atoms with Gasteiger partial charge < -0.3 is 5.32 Å². The van der Waals surface area contributed by atoms with Crippen molar-refractivity contribution in [3.8, 4) is 0 Å². The normalized spacial score (nSPS) is 15.6. The lowest BCUT2D eigenvalue weighted by Crippen LogP contribution is -2.31. The van der Waals surface area contributed by atoms with Gasteiger partial charge in [0.05, 0.1) is 16.1 Å². The van der Waals surface area contributed by atoms with Crippen LogP contribution in [0, 0.1) is 20.8 Å². The quantitative estimate of drug-likeness (QED) is 0.474. The smallest absolute Gasteiger partial charge is 0.243 e. The Morgan fingerprint density at radius 2 is 1.59 bits per heavy atom. The Kier molecular flexibility index (Phi) is 7.76.